The summed E-state index contributed by atoms with van der Waals surface area (Å²) in [6, 6.07) is 0. The van der Waals surface area contributed by atoms with Crippen molar-refractivity contribution >= 4 is 11.4 Å². The largest absolute Gasteiger partial charge is 0.333 e. The van der Waals surface area contributed by atoms with Crippen molar-refractivity contribution in [3.63, 3.8) is 0 Å². The van der Waals surface area contributed by atoms with Crippen LogP contribution in [0.5, 0.6) is 0 Å². The van der Waals surface area contributed by atoms with Gasteiger partial charge >= 0.3 is 0 Å². The molecule has 0 aromatic heterocycles. The maximum atomic E-state index is 7.60. The summed E-state index contributed by atoms with van der Waals surface area (Å²) in [6.07, 6.45) is 7.29. The van der Waals surface area contributed by atoms with Crippen LogP contribution in [0.25, 0.3) is 0 Å². The van der Waals surface area contributed by atoms with E-state index >= 15 is 0 Å². The van der Waals surface area contributed by atoms with E-state index in [1.165, 1.54) is 7.05 Å². The molecule has 0 amide bonds. The second kappa shape index (κ2) is 22.7. The molecule has 0 aromatic rings. The molecule has 1 aliphatic carbocycles. The van der Waals surface area contributed by atoms with Crippen molar-refractivity contribution in [2.24, 2.45) is 5.73 Å². The molecule has 0 aromatic carbocycles. The van der Waals surface area contributed by atoms with Crippen LogP contribution in [-0.2, 0) is 0 Å². The molecular weight excluding hydrogens is 246 g/mol. The molecule has 1 aliphatic rings. The monoisotopic (exact) mass is 281 g/mol. The molecule has 0 spiro atoms. The summed E-state index contributed by atoms with van der Waals surface area (Å²) in [6.45, 7) is 15.9. The quantitative estimate of drug-likeness (QED) is 0.572. The van der Waals surface area contributed by atoms with Crippen LogP contribution in [0.4, 0.5) is 0 Å². The summed E-state index contributed by atoms with van der Waals surface area (Å²) in [4.78, 5) is 0. The lowest BCUT2D eigenvalue weighted by atomic mass is 9.95. The average Bonchev–Trinajstić information content (AvgIpc) is 2.55. The van der Waals surface area contributed by atoms with Crippen molar-refractivity contribution in [2.45, 2.75) is 55.4 Å². The molecule has 0 aliphatic heterocycles. The van der Waals surface area contributed by atoms with E-state index in [0.29, 0.717) is 5.71 Å². The predicted octanol–water partition coefficient (Wildman–Crippen LogP) is 5.14. The predicted molar refractivity (Wildman–Crippen MR) is 96.3 cm³/mol. The van der Waals surface area contributed by atoms with Gasteiger partial charge in [-0.25, -0.2) is 0 Å². The minimum Gasteiger partial charge on any atom is -0.333 e. The number of hydrogen-bond donors (Lipinski definition) is 3. The Balaban J connectivity index is -0.000000138. The molecule has 0 saturated heterocycles. The van der Waals surface area contributed by atoms with Crippen LogP contribution in [0.15, 0.2) is 35.5 Å². The van der Waals surface area contributed by atoms with Gasteiger partial charge in [-0.15, -0.1) is 0 Å². The molecule has 20 heavy (non-hydrogen) atoms. The fraction of sp³-hybridized carbons (Fsp3) is 0.529. The van der Waals surface area contributed by atoms with E-state index < -0.39 is 0 Å². The van der Waals surface area contributed by atoms with Crippen LogP contribution in [0.1, 0.15) is 55.4 Å². The van der Waals surface area contributed by atoms with Crippen LogP contribution in [-0.4, -0.2) is 18.5 Å². The lowest BCUT2D eigenvalue weighted by molar-refractivity contribution is 1.40. The number of nitrogens with two attached hydrogens (primary N) is 1. The number of rotatable bonds is 1. The third-order valence-corrected chi connectivity index (χ3v) is 1.80. The van der Waals surface area contributed by atoms with Crippen molar-refractivity contribution < 1.29 is 0 Å². The average molecular weight is 281 g/mol. The van der Waals surface area contributed by atoms with Gasteiger partial charge in [-0.1, -0.05) is 59.8 Å². The summed E-state index contributed by atoms with van der Waals surface area (Å²) in [5.74, 6) is 0. The van der Waals surface area contributed by atoms with Gasteiger partial charge in [0.15, 0.2) is 0 Å². The topological polar surface area (TPSA) is 73.7 Å². The molecule has 0 atom stereocenters. The van der Waals surface area contributed by atoms with Gasteiger partial charge in [0, 0.05) is 5.57 Å². The smallest absolute Gasteiger partial charge is 0.0864 e. The van der Waals surface area contributed by atoms with Crippen molar-refractivity contribution in [2.75, 3.05) is 7.05 Å². The Labute approximate surface area is 126 Å². The summed E-state index contributed by atoms with van der Waals surface area (Å²) in [7, 11) is 1.50. The lowest BCUT2D eigenvalue weighted by Crippen LogP contribution is -2.15. The fourth-order valence-corrected chi connectivity index (χ4v) is 1.11. The van der Waals surface area contributed by atoms with E-state index in [4.69, 9.17) is 10.8 Å². The third kappa shape index (κ3) is 11.6. The highest BCUT2D eigenvalue weighted by molar-refractivity contribution is 6.51. The van der Waals surface area contributed by atoms with Crippen LogP contribution in [0.3, 0.4) is 0 Å². The summed E-state index contributed by atoms with van der Waals surface area (Å²) in [5.41, 5.74) is 7.00. The zero-order valence-corrected chi connectivity index (χ0v) is 14.9. The first kappa shape index (κ1) is 27.0. The van der Waals surface area contributed by atoms with Crippen molar-refractivity contribution in [1.82, 2.24) is 0 Å². The molecule has 0 radical (unpaired) electrons. The van der Waals surface area contributed by atoms with E-state index in [1.807, 2.05) is 73.6 Å². The van der Waals surface area contributed by atoms with Crippen LogP contribution >= 0.6 is 0 Å². The minimum atomic E-state index is 0.286. The van der Waals surface area contributed by atoms with Gasteiger partial charge < -0.3 is 5.73 Å². The Hall–Kier alpha value is -1.48. The Morgan fingerprint density at radius 1 is 0.900 bits per heavy atom. The molecule has 0 unspecified atom stereocenters. The zero-order chi connectivity index (χ0) is 17.1. The molecule has 0 saturated carbocycles. The Bertz CT molecular complexity index is 321. The second-order valence-electron chi connectivity index (χ2n) is 2.72. The number of hydrogen-bond acceptors (Lipinski definition) is 3. The van der Waals surface area contributed by atoms with Gasteiger partial charge in [0.2, 0.25) is 0 Å². The van der Waals surface area contributed by atoms with Gasteiger partial charge in [-0.3, -0.25) is 10.8 Å². The number of allylic oxidation sites excluding steroid dienone is 6. The Morgan fingerprint density at radius 3 is 1.65 bits per heavy atom. The molecule has 4 N–H and O–H groups in total. The second-order valence-corrected chi connectivity index (χ2v) is 2.72. The van der Waals surface area contributed by atoms with Crippen molar-refractivity contribution in [3.05, 3.63) is 35.5 Å². The highest BCUT2D eigenvalue weighted by Crippen LogP contribution is 2.14. The first-order valence-electron chi connectivity index (χ1n) is 7.44. The van der Waals surface area contributed by atoms with Gasteiger partial charge in [0.25, 0.3) is 0 Å². The fourth-order valence-electron chi connectivity index (χ4n) is 1.11. The minimum absolute atomic E-state index is 0.286. The van der Waals surface area contributed by atoms with Crippen LogP contribution < -0.4 is 5.73 Å². The molecule has 3 heteroatoms. The van der Waals surface area contributed by atoms with Gasteiger partial charge in [-0.2, -0.15) is 0 Å². The Kier molecular flexibility index (Phi) is 30.6. The molecule has 1 rings (SSSR count). The molecule has 118 valence electrons. The summed E-state index contributed by atoms with van der Waals surface area (Å²) >= 11 is 0. The molecular formula is C17H35N3. The first-order chi connectivity index (χ1) is 9.66. The van der Waals surface area contributed by atoms with E-state index in [2.05, 4.69) is 5.73 Å². The van der Waals surface area contributed by atoms with Crippen LogP contribution in [0.2, 0.25) is 0 Å². The van der Waals surface area contributed by atoms with E-state index in [1.54, 1.807) is 6.08 Å². The zero-order valence-electron chi connectivity index (χ0n) is 14.9. The highest BCUT2D eigenvalue weighted by atomic mass is 14.5. The third-order valence-electron chi connectivity index (χ3n) is 1.80. The van der Waals surface area contributed by atoms with Gasteiger partial charge in [0.1, 0.15) is 0 Å². The Morgan fingerprint density at radius 2 is 1.30 bits per heavy atom. The molecule has 0 heterocycles. The van der Waals surface area contributed by atoms with Crippen molar-refractivity contribution in [1.29, 1.82) is 10.8 Å². The maximum absolute atomic E-state index is 7.60. The number of nitrogens with one attached hydrogen (secondary N) is 2. The SMILES string of the molecule is C/C=C\C1=C(C)C=CC(=N)C1=N.CC.CC.CC.CN. The normalized spacial score (nSPS) is 12.1. The van der Waals surface area contributed by atoms with E-state index in [0.717, 1.165) is 11.1 Å². The van der Waals surface area contributed by atoms with E-state index in [-0.39, 0.29) is 5.71 Å². The molecule has 3 nitrogen and oxygen atoms in total. The highest BCUT2D eigenvalue weighted by Gasteiger charge is 2.11. The lowest BCUT2D eigenvalue weighted by Gasteiger charge is -2.11. The van der Waals surface area contributed by atoms with Gasteiger partial charge in [-0.05, 0) is 32.5 Å². The van der Waals surface area contributed by atoms with E-state index in [9.17, 15) is 0 Å². The first-order valence-corrected chi connectivity index (χ1v) is 7.44. The molecule has 0 fully saturated rings. The van der Waals surface area contributed by atoms with Crippen LogP contribution in [0, 0.1) is 10.8 Å². The molecule has 0 bridgehead atoms. The standard InChI is InChI=1S/C10H12N2.3C2H6.CH5N/c1-3-4-8-7(2)5-6-9(11)10(8)12;4*1-2/h3-6,11-12H,1-2H3;3*1-2H3;2H2,1H3/b4-3-,11-9?,12-10?;;;;. The maximum Gasteiger partial charge on any atom is 0.0864 e. The van der Waals surface area contributed by atoms with Gasteiger partial charge in [0.05, 0.1) is 11.4 Å². The summed E-state index contributed by atoms with van der Waals surface area (Å²) in [5, 5.41) is 15.0. The van der Waals surface area contributed by atoms with Crippen molar-refractivity contribution in [3.8, 4) is 0 Å². The summed E-state index contributed by atoms with van der Waals surface area (Å²) < 4.78 is 0.